The molecule has 0 aliphatic rings. The van der Waals surface area contributed by atoms with E-state index in [2.05, 4.69) is 10.3 Å². The number of benzene rings is 2. The Morgan fingerprint density at radius 1 is 1.08 bits per heavy atom. The molecule has 0 fully saturated rings. The highest BCUT2D eigenvalue weighted by Crippen LogP contribution is 2.17. The molecule has 3 rings (SSSR count). The number of nitrogens with zero attached hydrogens (tertiary/aromatic N) is 1. The van der Waals surface area contributed by atoms with E-state index in [0.717, 1.165) is 27.8 Å². The number of fused-ring (bicyclic) bond motifs is 1. The van der Waals surface area contributed by atoms with Gasteiger partial charge in [0.15, 0.2) is 0 Å². The zero-order valence-electron chi connectivity index (χ0n) is 15.3. The average molecular weight is 349 g/mol. The number of hydrogen-bond donors (Lipinski definition) is 2. The van der Waals surface area contributed by atoms with Gasteiger partial charge >= 0.3 is 0 Å². The minimum Gasteiger partial charge on any atom is -0.378 e. The van der Waals surface area contributed by atoms with Crippen LogP contribution >= 0.6 is 0 Å². The van der Waals surface area contributed by atoms with E-state index in [1.54, 1.807) is 6.92 Å². The summed E-state index contributed by atoms with van der Waals surface area (Å²) in [6.07, 6.45) is 1.05. The number of aromatic amines is 1. The third-order valence-corrected chi connectivity index (χ3v) is 4.40. The molecule has 0 bridgehead atoms. The number of pyridine rings is 1. The van der Waals surface area contributed by atoms with E-state index in [1.165, 1.54) is 0 Å². The number of H-pyrrole nitrogens is 1. The normalized spacial score (nSPS) is 10.7. The number of hydrogen-bond acceptors (Lipinski definition) is 3. The van der Waals surface area contributed by atoms with Crippen LogP contribution in [0.15, 0.2) is 53.3 Å². The highest BCUT2D eigenvalue weighted by atomic mass is 16.1. The molecule has 1 heterocycles. The lowest BCUT2D eigenvalue weighted by Crippen LogP contribution is -2.13. The summed E-state index contributed by atoms with van der Waals surface area (Å²) in [6, 6.07) is 15.5. The molecule has 1 aromatic heterocycles. The molecule has 0 atom stereocenters. The molecule has 0 unspecified atom stereocenters. The molecule has 0 aliphatic carbocycles. The standard InChI is InChI=1S/C21H23N3O2/c1-14-12-16-13-15(4-10-19(16)23-21(14)26)5-11-20(25)22-17-6-8-18(9-7-17)24(2)3/h4,6-10,12-13H,5,11H2,1-3H3,(H,22,25)(H,23,26). The smallest absolute Gasteiger partial charge is 0.251 e. The fourth-order valence-corrected chi connectivity index (χ4v) is 2.84. The molecule has 26 heavy (non-hydrogen) atoms. The van der Waals surface area contributed by atoms with Gasteiger partial charge in [-0.05, 0) is 66.8 Å². The molecule has 0 radical (unpaired) electrons. The highest BCUT2D eigenvalue weighted by Gasteiger charge is 2.06. The van der Waals surface area contributed by atoms with Crippen molar-refractivity contribution in [2.45, 2.75) is 19.8 Å². The van der Waals surface area contributed by atoms with E-state index < -0.39 is 0 Å². The van der Waals surface area contributed by atoms with E-state index in [0.29, 0.717) is 18.4 Å². The number of carbonyl (C=O) groups is 1. The molecule has 134 valence electrons. The summed E-state index contributed by atoms with van der Waals surface area (Å²) >= 11 is 0. The molecule has 2 aromatic carbocycles. The Kier molecular flexibility index (Phi) is 5.07. The molecule has 0 saturated heterocycles. The lowest BCUT2D eigenvalue weighted by Gasteiger charge is -2.13. The Labute approximate surface area is 152 Å². The van der Waals surface area contributed by atoms with Gasteiger partial charge in [0.1, 0.15) is 0 Å². The maximum atomic E-state index is 12.2. The van der Waals surface area contributed by atoms with Crippen LogP contribution in [0.25, 0.3) is 10.9 Å². The van der Waals surface area contributed by atoms with E-state index in [4.69, 9.17) is 0 Å². The zero-order chi connectivity index (χ0) is 18.7. The highest BCUT2D eigenvalue weighted by molar-refractivity contribution is 5.91. The third kappa shape index (κ3) is 4.11. The zero-order valence-corrected chi connectivity index (χ0v) is 15.3. The molecule has 0 spiro atoms. The molecule has 5 nitrogen and oxygen atoms in total. The van der Waals surface area contributed by atoms with Crippen LogP contribution < -0.4 is 15.8 Å². The topological polar surface area (TPSA) is 65.2 Å². The van der Waals surface area contributed by atoms with Crippen LogP contribution in [0.4, 0.5) is 11.4 Å². The van der Waals surface area contributed by atoms with E-state index in [1.807, 2.05) is 67.5 Å². The van der Waals surface area contributed by atoms with E-state index in [-0.39, 0.29) is 11.5 Å². The summed E-state index contributed by atoms with van der Waals surface area (Å²) in [5.41, 5.74) is 4.40. The molecule has 5 heteroatoms. The quantitative estimate of drug-likeness (QED) is 0.741. The van der Waals surface area contributed by atoms with Crippen molar-refractivity contribution in [1.82, 2.24) is 4.98 Å². The average Bonchev–Trinajstić information content (AvgIpc) is 2.61. The van der Waals surface area contributed by atoms with Gasteiger partial charge in [-0.3, -0.25) is 9.59 Å². The Morgan fingerprint density at radius 3 is 2.50 bits per heavy atom. The first kappa shape index (κ1) is 17.7. The van der Waals surface area contributed by atoms with Crippen LogP contribution in [0, 0.1) is 6.92 Å². The predicted molar refractivity (Wildman–Crippen MR) is 107 cm³/mol. The molecule has 0 aliphatic heterocycles. The van der Waals surface area contributed by atoms with Gasteiger partial charge in [0.25, 0.3) is 5.56 Å². The molecular weight excluding hydrogens is 326 g/mol. The molecule has 1 amide bonds. The van der Waals surface area contributed by atoms with Crippen LogP contribution in [0.3, 0.4) is 0 Å². The number of carbonyl (C=O) groups excluding carboxylic acids is 1. The van der Waals surface area contributed by atoms with Gasteiger partial charge in [-0.15, -0.1) is 0 Å². The van der Waals surface area contributed by atoms with Gasteiger partial charge in [0.2, 0.25) is 5.91 Å². The summed E-state index contributed by atoms with van der Waals surface area (Å²) in [6.45, 7) is 1.79. The first-order valence-corrected chi connectivity index (χ1v) is 8.62. The van der Waals surface area contributed by atoms with Crippen LogP contribution in [-0.2, 0) is 11.2 Å². The van der Waals surface area contributed by atoms with Crippen molar-refractivity contribution in [3.05, 3.63) is 70.0 Å². The molecule has 3 aromatic rings. The van der Waals surface area contributed by atoms with Gasteiger partial charge in [-0.25, -0.2) is 0 Å². The number of anilines is 2. The maximum absolute atomic E-state index is 12.2. The lowest BCUT2D eigenvalue weighted by molar-refractivity contribution is -0.116. The van der Waals surface area contributed by atoms with Gasteiger partial charge in [0, 0.05) is 43.0 Å². The Morgan fingerprint density at radius 2 is 1.81 bits per heavy atom. The lowest BCUT2D eigenvalue weighted by atomic mass is 10.1. The number of aryl methyl sites for hydroxylation is 2. The monoisotopic (exact) mass is 349 g/mol. The molecular formula is C21H23N3O2. The molecule has 0 saturated carbocycles. The Bertz CT molecular complexity index is 988. The van der Waals surface area contributed by atoms with Gasteiger partial charge in [-0.2, -0.15) is 0 Å². The summed E-state index contributed by atoms with van der Waals surface area (Å²) in [5, 5.41) is 3.91. The van der Waals surface area contributed by atoms with Crippen LogP contribution in [-0.4, -0.2) is 25.0 Å². The number of nitrogens with one attached hydrogen (secondary N) is 2. The van der Waals surface area contributed by atoms with E-state index in [9.17, 15) is 9.59 Å². The van der Waals surface area contributed by atoms with E-state index >= 15 is 0 Å². The predicted octanol–water partition coefficient (Wildman–Crippen LogP) is 3.47. The minimum absolute atomic E-state index is 0.0136. The summed E-state index contributed by atoms with van der Waals surface area (Å²) in [7, 11) is 3.96. The van der Waals surface area contributed by atoms with Gasteiger partial charge in [0.05, 0.1) is 0 Å². The summed E-state index contributed by atoms with van der Waals surface area (Å²) in [4.78, 5) is 28.7. The van der Waals surface area contributed by atoms with Gasteiger partial charge in [-0.1, -0.05) is 6.07 Å². The molecule has 2 N–H and O–H groups in total. The van der Waals surface area contributed by atoms with Crippen molar-refractivity contribution in [1.29, 1.82) is 0 Å². The SMILES string of the molecule is Cc1cc2cc(CCC(=O)Nc3ccc(N(C)C)cc3)ccc2[nH]c1=O. The van der Waals surface area contributed by atoms with Crippen LogP contribution in [0.2, 0.25) is 0 Å². The van der Waals surface area contributed by atoms with Crippen molar-refractivity contribution < 1.29 is 4.79 Å². The Balaban J connectivity index is 1.63. The second-order valence-corrected chi connectivity index (χ2v) is 6.69. The number of aromatic nitrogens is 1. The van der Waals surface area contributed by atoms with Crippen molar-refractivity contribution in [3.63, 3.8) is 0 Å². The fraction of sp³-hybridized carbons (Fsp3) is 0.238. The summed E-state index contributed by atoms with van der Waals surface area (Å²) < 4.78 is 0. The van der Waals surface area contributed by atoms with Crippen molar-refractivity contribution in [2.24, 2.45) is 0 Å². The first-order chi connectivity index (χ1) is 12.4. The number of amides is 1. The second kappa shape index (κ2) is 7.44. The van der Waals surface area contributed by atoms with Crippen molar-refractivity contribution >= 4 is 28.2 Å². The van der Waals surface area contributed by atoms with Crippen LogP contribution in [0.5, 0.6) is 0 Å². The second-order valence-electron chi connectivity index (χ2n) is 6.69. The van der Waals surface area contributed by atoms with Crippen molar-refractivity contribution in [3.8, 4) is 0 Å². The fourth-order valence-electron chi connectivity index (χ4n) is 2.84. The Hall–Kier alpha value is -3.08. The number of rotatable bonds is 5. The third-order valence-electron chi connectivity index (χ3n) is 4.40. The van der Waals surface area contributed by atoms with Crippen LogP contribution in [0.1, 0.15) is 17.5 Å². The largest absolute Gasteiger partial charge is 0.378 e. The van der Waals surface area contributed by atoms with Gasteiger partial charge < -0.3 is 15.2 Å². The van der Waals surface area contributed by atoms with Crippen molar-refractivity contribution in [2.75, 3.05) is 24.3 Å². The maximum Gasteiger partial charge on any atom is 0.251 e. The first-order valence-electron chi connectivity index (χ1n) is 8.62. The summed E-state index contributed by atoms with van der Waals surface area (Å²) in [5.74, 6) is -0.0136. The minimum atomic E-state index is -0.0649.